The summed E-state index contributed by atoms with van der Waals surface area (Å²) in [5.41, 5.74) is 0. The molecule has 0 bridgehead atoms. The average Bonchev–Trinajstić information content (AvgIpc) is 2.60. The molecule has 1 heterocycles. The molecule has 2 fully saturated rings. The first-order chi connectivity index (χ1) is 12.0. The van der Waals surface area contributed by atoms with Gasteiger partial charge in [-0.15, -0.1) is 0 Å². The number of ether oxygens (including phenoxy) is 2. The van der Waals surface area contributed by atoms with E-state index in [1.54, 1.807) is 12.0 Å². The smallest absolute Gasteiger partial charge is 0.411 e. The molecule has 1 saturated heterocycles. The van der Waals surface area contributed by atoms with Crippen LogP contribution in [0, 0.1) is 17.8 Å². The zero-order valence-corrected chi connectivity index (χ0v) is 16.7. The van der Waals surface area contributed by atoms with E-state index >= 15 is 0 Å². The number of methoxy groups -OCH3 is 2. The van der Waals surface area contributed by atoms with Crippen molar-refractivity contribution in [3.8, 4) is 0 Å². The predicted octanol–water partition coefficient (Wildman–Crippen LogP) is 3.73. The van der Waals surface area contributed by atoms with Crippen LogP contribution in [0.1, 0.15) is 39.5 Å². The maximum absolute atomic E-state index is 12.8. The maximum Gasteiger partial charge on any atom is 0.411 e. The van der Waals surface area contributed by atoms with E-state index in [1.807, 2.05) is 13.8 Å². The minimum Gasteiger partial charge on any atom is -0.453 e. The lowest BCUT2D eigenvalue weighted by Gasteiger charge is -2.46. The fraction of sp³-hybridized carbons (Fsp3) is 0.941. The van der Waals surface area contributed by atoms with Gasteiger partial charge >= 0.3 is 13.7 Å². The van der Waals surface area contributed by atoms with E-state index < -0.39 is 7.60 Å². The van der Waals surface area contributed by atoms with Gasteiger partial charge in [0.2, 0.25) is 0 Å². The Morgan fingerprint density at radius 3 is 2.32 bits per heavy atom. The van der Waals surface area contributed by atoms with Crippen molar-refractivity contribution in [1.29, 1.82) is 0 Å². The van der Waals surface area contributed by atoms with Crippen molar-refractivity contribution in [1.82, 2.24) is 4.90 Å². The first-order valence-corrected chi connectivity index (χ1v) is 10.9. The number of piperidine rings is 1. The van der Waals surface area contributed by atoms with Crippen LogP contribution >= 0.6 is 7.60 Å². The molecule has 1 aliphatic heterocycles. The fourth-order valence-corrected chi connectivity index (χ4v) is 6.30. The van der Waals surface area contributed by atoms with E-state index in [2.05, 4.69) is 0 Å². The van der Waals surface area contributed by atoms with Gasteiger partial charge in [-0.05, 0) is 57.3 Å². The summed E-state index contributed by atoms with van der Waals surface area (Å²) in [6, 6.07) is 0. The van der Waals surface area contributed by atoms with Crippen molar-refractivity contribution in [2.24, 2.45) is 17.8 Å². The molecular formula is C17H32NO6P. The maximum atomic E-state index is 12.8. The molecule has 7 nitrogen and oxygen atoms in total. The molecule has 0 N–H and O–H groups in total. The van der Waals surface area contributed by atoms with Crippen LogP contribution < -0.4 is 0 Å². The second-order valence-corrected chi connectivity index (χ2v) is 8.98. The molecule has 8 heteroatoms. The minimum atomic E-state index is -3.01. The van der Waals surface area contributed by atoms with Crippen LogP contribution in [0.15, 0.2) is 0 Å². The summed E-state index contributed by atoms with van der Waals surface area (Å²) in [5, 5.41) is 0. The number of rotatable bonds is 7. The highest BCUT2D eigenvalue weighted by Crippen LogP contribution is 2.53. The van der Waals surface area contributed by atoms with Gasteiger partial charge in [0, 0.05) is 13.7 Å². The number of hydrogen-bond donors (Lipinski definition) is 0. The molecular weight excluding hydrogens is 345 g/mol. The summed E-state index contributed by atoms with van der Waals surface area (Å²) in [6.45, 7) is 5.14. The minimum absolute atomic E-state index is 0.252. The molecule has 1 aliphatic carbocycles. The monoisotopic (exact) mass is 377 g/mol. The third kappa shape index (κ3) is 5.19. The first kappa shape index (κ1) is 20.7. The lowest BCUT2D eigenvalue weighted by molar-refractivity contribution is -0.0883. The molecule has 0 radical (unpaired) electrons. The van der Waals surface area contributed by atoms with Crippen LogP contribution in [0.3, 0.4) is 0 Å². The Balaban J connectivity index is 1.99. The average molecular weight is 377 g/mol. The lowest BCUT2D eigenvalue weighted by Crippen LogP contribution is -2.52. The summed E-state index contributed by atoms with van der Waals surface area (Å²) in [6.07, 6.45) is 3.66. The Hall–Kier alpha value is -0.620. The Morgan fingerprint density at radius 2 is 1.76 bits per heavy atom. The molecule has 25 heavy (non-hydrogen) atoms. The van der Waals surface area contributed by atoms with Crippen LogP contribution in [0.25, 0.3) is 0 Å². The van der Waals surface area contributed by atoms with Gasteiger partial charge in [0.05, 0.1) is 26.5 Å². The molecule has 2 rings (SSSR count). The van der Waals surface area contributed by atoms with Crippen molar-refractivity contribution >= 4 is 13.7 Å². The van der Waals surface area contributed by atoms with Gasteiger partial charge in [-0.3, -0.25) is 9.46 Å². The van der Waals surface area contributed by atoms with E-state index in [4.69, 9.17) is 18.5 Å². The zero-order chi connectivity index (χ0) is 18.4. The van der Waals surface area contributed by atoms with Gasteiger partial charge < -0.3 is 18.5 Å². The number of carbonyl (C=O) groups excluding carboxylic acids is 1. The second kappa shape index (κ2) is 9.36. The largest absolute Gasteiger partial charge is 0.453 e. The van der Waals surface area contributed by atoms with Gasteiger partial charge in [-0.1, -0.05) is 0 Å². The van der Waals surface area contributed by atoms with E-state index in [1.165, 1.54) is 7.11 Å². The summed E-state index contributed by atoms with van der Waals surface area (Å²) in [7, 11) is 0.0188. The highest BCUT2D eigenvalue weighted by atomic mass is 31.2. The van der Waals surface area contributed by atoms with Crippen LogP contribution in [-0.4, -0.2) is 57.4 Å². The molecule has 1 amide bonds. The Labute approximate surface area is 150 Å². The number of hydrogen-bond acceptors (Lipinski definition) is 6. The van der Waals surface area contributed by atoms with Crippen molar-refractivity contribution < 1.29 is 27.9 Å². The second-order valence-electron chi connectivity index (χ2n) is 6.88. The van der Waals surface area contributed by atoms with Crippen LogP contribution in [-0.2, 0) is 23.1 Å². The quantitative estimate of drug-likeness (QED) is 0.630. The van der Waals surface area contributed by atoms with Gasteiger partial charge in [-0.2, -0.15) is 0 Å². The summed E-state index contributed by atoms with van der Waals surface area (Å²) in [5.74, 6) is 1.23. The lowest BCUT2D eigenvalue weighted by atomic mass is 9.71. The molecule has 1 saturated carbocycles. The fourth-order valence-electron chi connectivity index (χ4n) is 4.26. The standard InChI is InChI=1S/C17H32NO6P/c1-5-23-25(20,24-6-2)12-13-7-8-14-11-18(17(19)22-4)16(21-3)10-15(14)9-13/h13-16H,5-12H2,1-4H3/t13-,14-,15+,16?/m0/s1. The molecule has 4 atom stereocenters. The van der Waals surface area contributed by atoms with E-state index in [9.17, 15) is 9.36 Å². The molecule has 0 aromatic heterocycles. The van der Waals surface area contributed by atoms with Crippen LogP contribution in [0.5, 0.6) is 0 Å². The third-order valence-corrected chi connectivity index (χ3v) is 7.61. The molecule has 2 aliphatic rings. The van der Waals surface area contributed by atoms with Gasteiger partial charge in [0.25, 0.3) is 0 Å². The number of fused-ring (bicyclic) bond motifs is 1. The molecule has 146 valence electrons. The topological polar surface area (TPSA) is 74.3 Å². The van der Waals surface area contributed by atoms with E-state index in [-0.39, 0.29) is 12.3 Å². The van der Waals surface area contributed by atoms with Gasteiger partial charge in [0.1, 0.15) is 6.23 Å². The summed E-state index contributed by atoms with van der Waals surface area (Å²) >= 11 is 0. The van der Waals surface area contributed by atoms with Crippen molar-refractivity contribution in [2.45, 2.75) is 45.8 Å². The molecule has 0 aromatic rings. The summed E-state index contributed by atoms with van der Waals surface area (Å²) < 4.78 is 34.1. The SMILES string of the molecule is CCOP(=O)(C[C@H]1CC[C@H]2CN(C(=O)OC)C(OC)C[C@H]2C1)OCC. The summed E-state index contributed by atoms with van der Waals surface area (Å²) in [4.78, 5) is 13.6. The number of amides is 1. The Morgan fingerprint density at radius 1 is 1.08 bits per heavy atom. The van der Waals surface area contributed by atoms with E-state index in [0.29, 0.717) is 43.7 Å². The van der Waals surface area contributed by atoms with E-state index in [0.717, 1.165) is 25.7 Å². The van der Waals surface area contributed by atoms with Gasteiger partial charge in [-0.25, -0.2) is 4.79 Å². The highest BCUT2D eigenvalue weighted by Gasteiger charge is 2.43. The number of nitrogens with zero attached hydrogens (tertiary/aromatic N) is 1. The normalized spacial score (nSPS) is 30.0. The molecule has 1 unspecified atom stereocenters. The van der Waals surface area contributed by atoms with Crippen molar-refractivity contribution in [3.63, 3.8) is 0 Å². The van der Waals surface area contributed by atoms with Crippen LogP contribution in [0.4, 0.5) is 4.79 Å². The molecule has 0 spiro atoms. The third-order valence-electron chi connectivity index (χ3n) is 5.35. The zero-order valence-electron chi connectivity index (χ0n) is 15.8. The van der Waals surface area contributed by atoms with Crippen molar-refractivity contribution in [2.75, 3.05) is 40.1 Å². The number of likely N-dealkylation sites (tertiary alicyclic amines) is 1. The van der Waals surface area contributed by atoms with Crippen LogP contribution in [0.2, 0.25) is 0 Å². The predicted molar refractivity (Wildman–Crippen MR) is 94.6 cm³/mol. The van der Waals surface area contributed by atoms with Crippen molar-refractivity contribution in [3.05, 3.63) is 0 Å². The highest BCUT2D eigenvalue weighted by molar-refractivity contribution is 7.53. The van der Waals surface area contributed by atoms with Gasteiger partial charge in [0.15, 0.2) is 0 Å². The first-order valence-electron chi connectivity index (χ1n) is 9.21. The number of carbonyl (C=O) groups is 1. The Kier molecular flexibility index (Phi) is 7.74. The molecule has 0 aromatic carbocycles. The Bertz CT molecular complexity index is 478.